The summed E-state index contributed by atoms with van der Waals surface area (Å²) in [4.78, 5) is 0.343. The summed E-state index contributed by atoms with van der Waals surface area (Å²) >= 11 is 5.52. The highest BCUT2D eigenvalue weighted by molar-refractivity contribution is 7.90. The normalized spacial score (nSPS) is 12.1. The van der Waals surface area contributed by atoms with Crippen LogP contribution < -0.4 is 0 Å². The number of hydrogen-bond donors (Lipinski definition) is 0. The summed E-state index contributed by atoms with van der Waals surface area (Å²) < 4.78 is 22.5. The van der Waals surface area contributed by atoms with Crippen LogP contribution in [-0.2, 0) is 9.84 Å². The highest BCUT2D eigenvalue weighted by Gasteiger charge is 2.05. The van der Waals surface area contributed by atoms with Gasteiger partial charge in [-0.2, -0.15) is 0 Å². The number of halogens is 1. The first-order valence-corrected chi connectivity index (χ1v) is 6.99. The maximum atomic E-state index is 11.3. The van der Waals surface area contributed by atoms with Gasteiger partial charge in [0.25, 0.3) is 0 Å². The molecule has 15 heavy (non-hydrogen) atoms. The summed E-state index contributed by atoms with van der Waals surface area (Å²) in [5.74, 6) is 0.572. The number of alkyl halides is 1. The molecule has 0 bridgehead atoms. The predicted molar refractivity (Wildman–Crippen MR) is 63.9 cm³/mol. The first kappa shape index (κ1) is 12.3. The molecular weight excluding hydrogens is 232 g/mol. The maximum Gasteiger partial charge on any atom is 0.175 e. The summed E-state index contributed by atoms with van der Waals surface area (Å²) in [5.41, 5.74) is 0.878. The van der Waals surface area contributed by atoms with Gasteiger partial charge in [0.15, 0.2) is 9.84 Å². The van der Waals surface area contributed by atoms with Gasteiger partial charge >= 0.3 is 0 Å². The smallest absolute Gasteiger partial charge is 0.175 e. The fourth-order valence-corrected chi connectivity index (χ4v) is 1.93. The van der Waals surface area contributed by atoms with Crippen molar-refractivity contribution in [2.24, 2.45) is 0 Å². The number of benzene rings is 1. The van der Waals surface area contributed by atoms with E-state index in [-0.39, 0.29) is 0 Å². The van der Waals surface area contributed by atoms with E-state index in [0.29, 0.717) is 10.8 Å². The van der Waals surface area contributed by atoms with Gasteiger partial charge in [-0.25, -0.2) is 8.42 Å². The van der Waals surface area contributed by atoms with Crippen molar-refractivity contribution in [3.05, 3.63) is 35.9 Å². The zero-order chi connectivity index (χ0) is 11.3. The van der Waals surface area contributed by atoms with E-state index >= 15 is 0 Å². The average Bonchev–Trinajstić information content (AvgIpc) is 2.17. The van der Waals surface area contributed by atoms with Crippen LogP contribution in [0.5, 0.6) is 0 Å². The molecule has 0 aromatic heterocycles. The lowest BCUT2D eigenvalue weighted by Crippen LogP contribution is -1.96. The van der Waals surface area contributed by atoms with Gasteiger partial charge in [-0.3, -0.25) is 0 Å². The van der Waals surface area contributed by atoms with E-state index in [1.165, 1.54) is 6.26 Å². The Morgan fingerprint density at radius 1 is 1.40 bits per heavy atom. The molecule has 0 radical (unpaired) electrons. The first-order chi connectivity index (χ1) is 7.04. The Morgan fingerprint density at radius 3 is 2.73 bits per heavy atom. The molecule has 0 amide bonds. The first-order valence-electron chi connectivity index (χ1n) is 4.56. The fourth-order valence-electron chi connectivity index (χ4n) is 1.13. The Kier molecular flexibility index (Phi) is 4.36. The molecule has 0 aliphatic heterocycles. The largest absolute Gasteiger partial charge is 0.224 e. The summed E-state index contributed by atoms with van der Waals surface area (Å²) in [6.45, 7) is 0. The molecule has 1 aromatic rings. The third kappa shape index (κ3) is 4.06. The third-order valence-corrected chi connectivity index (χ3v) is 3.20. The average molecular weight is 245 g/mol. The SMILES string of the molecule is CS(=O)(=O)c1cccc(C=CCCCl)c1. The van der Waals surface area contributed by atoms with Gasteiger partial charge in [-0.05, 0) is 24.1 Å². The third-order valence-electron chi connectivity index (χ3n) is 1.87. The standard InChI is InChI=1S/C11H13ClO2S/c1-15(13,14)11-7-4-6-10(9-11)5-2-3-8-12/h2,4-7,9H,3,8H2,1H3. The van der Waals surface area contributed by atoms with E-state index in [9.17, 15) is 8.42 Å². The zero-order valence-electron chi connectivity index (χ0n) is 8.48. The van der Waals surface area contributed by atoms with Gasteiger partial charge in [0, 0.05) is 12.1 Å². The van der Waals surface area contributed by atoms with Crippen molar-refractivity contribution >= 4 is 27.5 Å². The number of sulfone groups is 1. The molecule has 0 fully saturated rings. The molecule has 0 N–H and O–H groups in total. The lowest BCUT2D eigenvalue weighted by molar-refractivity contribution is 0.602. The van der Waals surface area contributed by atoms with E-state index in [2.05, 4.69) is 0 Å². The summed E-state index contributed by atoms with van der Waals surface area (Å²) in [6, 6.07) is 6.84. The van der Waals surface area contributed by atoms with E-state index in [1.54, 1.807) is 18.2 Å². The molecule has 0 atom stereocenters. The second kappa shape index (κ2) is 5.33. The van der Waals surface area contributed by atoms with E-state index in [1.807, 2.05) is 18.2 Å². The van der Waals surface area contributed by atoms with Gasteiger partial charge < -0.3 is 0 Å². The Bertz CT molecular complexity index is 449. The van der Waals surface area contributed by atoms with Crippen molar-refractivity contribution in [1.29, 1.82) is 0 Å². The van der Waals surface area contributed by atoms with Crippen molar-refractivity contribution in [3.63, 3.8) is 0 Å². The lowest BCUT2D eigenvalue weighted by atomic mass is 10.2. The van der Waals surface area contributed by atoms with Gasteiger partial charge in [0.05, 0.1) is 4.90 Å². The van der Waals surface area contributed by atoms with E-state index in [0.717, 1.165) is 12.0 Å². The van der Waals surface area contributed by atoms with Crippen molar-refractivity contribution in [2.45, 2.75) is 11.3 Å². The van der Waals surface area contributed by atoms with Crippen LogP contribution in [0.2, 0.25) is 0 Å². The number of allylic oxidation sites excluding steroid dienone is 1. The number of hydrogen-bond acceptors (Lipinski definition) is 2. The molecule has 2 nitrogen and oxygen atoms in total. The lowest BCUT2D eigenvalue weighted by Gasteiger charge is -1.99. The summed E-state index contributed by atoms with van der Waals surface area (Å²) in [6.07, 6.45) is 5.78. The monoisotopic (exact) mass is 244 g/mol. The Morgan fingerprint density at radius 2 is 2.13 bits per heavy atom. The van der Waals surface area contributed by atoms with Crippen LogP contribution in [0.1, 0.15) is 12.0 Å². The number of rotatable bonds is 4. The Balaban J connectivity index is 2.94. The molecule has 0 saturated heterocycles. The van der Waals surface area contributed by atoms with E-state index < -0.39 is 9.84 Å². The topological polar surface area (TPSA) is 34.1 Å². The van der Waals surface area contributed by atoms with Gasteiger partial charge in [0.1, 0.15) is 0 Å². The van der Waals surface area contributed by atoms with Crippen molar-refractivity contribution < 1.29 is 8.42 Å². The highest BCUT2D eigenvalue weighted by Crippen LogP contribution is 2.12. The molecule has 0 aliphatic rings. The zero-order valence-corrected chi connectivity index (χ0v) is 10.1. The molecule has 0 aliphatic carbocycles. The molecule has 1 aromatic carbocycles. The molecule has 4 heteroatoms. The van der Waals surface area contributed by atoms with Gasteiger partial charge in [-0.1, -0.05) is 24.3 Å². The van der Waals surface area contributed by atoms with Crippen molar-refractivity contribution in [1.82, 2.24) is 0 Å². The van der Waals surface area contributed by atoms with Crippen LogP contribution in [0, 0.1) is 0 Å². The highest BCUT2D eigenvalue weighted by atomic mass is 35.5. The predicted octanol–water partition coefficient (Wildman–Crippen LogP) is 2.73. The molecule has 0 heterocycles. The second-order valence-corrected chi connectivity index (χ2v) is 5.62. The van der Waals surface area contributed by atoms with Gasteiger partial charge in [-0.15, -0.1) is 11.6 Å². The minimum atomic E-state index is -3.12. The molecule has 0 saturated carbocycles. The fraction of sp³-hybridized carbons (Fsp3) is 0.273. The summed E-state index contributed by atoms with van der Waals surface area (Å²) in [5, 5.41) is 0. The Labute approximate surface area is 95.5 Å². The van der Waals surface area contributed by atoms with Crippen LogP contribution in [-0.4, -0.2) is 20.6 Å². The van der Waals surface area contributed by atoms with Crippen molar-refractivity contribution in [2.75, 3.05) is 12.1 Å². The van der Waals surface area contributed by atoms with Crippen LogP contribution in [0.4, 0.5) is 0 Å². The molecular formula is C11H13ClO2S. The second-order valence-electron chi connectivity index (χ2n) is 3.22. The van der Waals surface area contributed by atoms with Crippen molar-refractivity contribution in [3.8, 4) is 0 Å². The molecule has 0 unspecified atom stereocenters. The quantitative estimate of drug-likeness (QED) is 0.764. The van der Waals surface area contributed by atoms with E-state index in [4.69, 9.17) is 11.6 Å². The van der Waals surface area contributed by atoms with Gasteiger partial charge in [0.2, 0.25) is 0 Å². The minimum absolute atomic E-state index is 0.343. The molecule has 82 valence electrons. The van der Waals surface area contributed by atoms with Crippen LogP contribution in [0.25, 0.3) is 6.08 Å². The summed E-state index contributed by atoms with van der Waals surface area (Å²) in [7, 11) is -3.12. The minimum Gasteiger partial charge on any atom is -0.224 e. The Hall–Kier alpha value is -0.800. The van der Waals surface area contributed by atoms with Crippen LogP contribution in [0.15, 0.2) is 35.2 Å². The van der Waals surface area contributed by atoms with Crippen LogP contribution >= 0.6 is 11.6 Å². The molecule has 0 spiro atoms. The molecule has 1 rings (SSSR count). The maximum absolute atomic E-state index is 11.3. The van der Waals surface area contributed by atoms with Crippen LogP contribution in [0.3, 0.4) is 0 Å².